The highest BCUT2D eigenvalue weighted by Crippen LogP contribution is 2.36. The Morgan fingerprint density at radius 1 is 1.31 bits per heavy atom. The summed E-state index contributed by atoms with van der Waals surface area (Å²) in [5.74, 6) is 0.00877. The van der Waals surface area contributed by atoms with E-state index >= 15 is 0 Å². The lowest BCUT2D eigenvalue weighted by atomic mass is 9.98. The number of carbonyl (C=O) groups is 1. The van der Waals surface area contributed by atoms with Crippen LogP contribution in [0.15, 0.2) is 6.33 Å². The molecule has 1 atom stereocenters. The summed E-state index contributed by atoms with van der Waals surface area (Å²) in [6.07, 6.45) is 2.81. The van der Waals surface area contributed by atoms with Crippen LogP contribution in [-0.4, -0.2) is 66.9 Å². The van der Waals surface area contributed by atoms with Gasteiger partial charge in [0.2, 0.25) is 11.6 Å². The van der Waals surface area contributed by atoms with Gasteiger partial charge in [-0.2, -0.15) is 0 Å². The van der Waals surface area contributed by atoms with Crippen LogP contribution >= 0.6 is 0 Å². The molecule has 0 radical (unpaired) electrons. The minimum atomic E-state index is -0.436. The van der Waals surface area contributed by atoms with Crippen LogP contribution < -0.4 is 9.80 Å². The Morgan fingerprint density at radius 3 is 2.65 bits per heavy atom. The molecule has 2 saturated heterocycles. The first-order chi connectivity index (χ1) is 12.6. The van der Waals surface area contributed by atoms with Gasteiger partial charge in [0.25, 0.3) is 0 Å². The predicted octanol–water partition coefficient (Wildman–Crippen LogP) is 1.00. The SMILES string of the molecule is CCOC(=O)C1CCCN(c2ncnc(N3CCOCC3)c2[N+](=O)[O-])C1. The molecule has 1 aromatic rings. The summed E-state index contributed by atoms with van der Waals surface area (Å²) in [7, 11) is 0. The second kappa shape index (κ2) is 8.26. The largest absolute Gasteiger partial charge is 0.466 e. The molecule has 1 unspecified atom stereocenters. The smallest absolute Gasteiger partial charge is 0.353 e. The van der Waals surface area contributed by atoms with E-state index < -0.39 is 4.92 Å². The van der Waals surface area contributed by atoms with Gasteiger partial charge in [0, 0.05) is 26.2 Å². The zero-order valence-electron chi connectivity index (χ0n) is 14.8. The van der Waals surface area contributed by atoms with Crippen molar-refractivity contribution < 1.29 is 19.2 Å². The normalized spacial score (nSPS) is 20.7. The molecule has 3 heterocycles. The van der Waals surface area contributed by atoms with Crippen molar-refractivity contribution in [1.82, 2.24) is 9.97 Å². The van der Waals surface area contributed by atoms with Gasteiger partial charge in [0.15, 0.2) is 0 Å². The average molecular weight is 365 g/mol. The van der Waals surface area contributed by atoms with Crippen LogP contribution in [0, 0.1) is 16.0 Å². The number of aromatic nitrogens is 2. The summed E-state index contributed by atoms with van der Waals surface area (Å²) in [4.78, 5) is 35.4. The maximum atomic E-state index is 12.1. The Hall–Kier alpha value is -2.49. The highest BCUT2D eigenvalue weighted by atomic mass is 16.6. The third-order valence-corrected chi connectivity index (χ3v) is 4.62. The van der Waals surface area contributed by atoms with Crippen LogP contribution in [0.4, 0.5) is 17.3 Å². The standard InChI is InChI=1S/C16H23N5O5/c1-2-26-16(22)12-4-3-5-20(10-12)15-13(21(23)24)14(17-11-18-15)19-6-8-25-9-7-19/h11-12H,2-10H2,1H3. The number of anilines is 2. The van der Waals surface area contributed by atoms with E-state index in [4.69, 9.17) is 9.47 Å². The van der Waals surface area contributed by atoms with Gasteiger partial charge in [0.1, 0.15) is 6.33 Å². The fraction of sp³-hybridized carbons (Fsp3) is 0.688. The second-order valence-corrected chi connectivity index (χ2v) is 6.26. The fourth-order valence-corrected chi connectivity index (χ4v) is 3.38. The lowest BCUT2D eigenvalue weighted by Crippen LogP contribution is -2.41. The molecule has 10 nitrogen and oxygen atoms in total. The van der Waals surface area contributed by atoms with Crippen molar-refractivity contribution in [2.75, 3.05) is 55.8 Å². The van der Waals surface area contributed by atoms with Gasteiger partial charge in [-0.1, -0.05) is 0 Å². The van der Waals surface area contributed by atoms with Gasteiger partial charge in [-0.3, -0.25) is 14.9 Å². The molecule has 0 spiro atoms. The topological polar surface area (TPSA) is 111 Å². The molecule has 142 valence electrons. The minimum absolute atomic E-state index is 0.112. The number of hydrogen-bond donors (Lipinski definition) is 0. The number of piperidine rings is 1. The summed E-state index contributed by atoms with van der Waals surface area (Å²) in [6, 6.07) is 0. The maximum absolute atomic E-state index is 12.1. The number of ether oxygens (including phenoxy) is 2. The Morgan fingerprint density at radius 2 is 2.00 bits per heavy atom. The summed E-state index contributed by atoms with van der Waals surface area (Å²) in [5, 5.41) is 11.8. The van der Waals surface area contributed by atoms with Crippen molar-refractivity contribution in [3.05, 3.63) is 16.4 Å². The number of nitro groups is 1. The van der Waals surface area contributed by atoms with E-state index in [1.807, 2.05) is 4.90 Å². The van der Waals surface area contributed by atoms with E-state index in [-0.39, 0.29) is 23.4 Å². The third-order valence-electron chi connectivity index (χ3n) is 4.62. The Bertz CT molecular complexity index is 664. The van der Waals surface area contributed by atoms with Crippen LogP contribution in [0.25, 0.3) is 0 Å². The fourth-order valence-electron chi connectivity index (χ4n) is 3.38. The van der Waals surface area contributed by atoms with E-state index in [1.165, 1.54) is 6.33 Å². The van der Waals surface area contributed by atoms with Crippen LogP contribution in [0.1, 0.15) is 19.8 Å². The first-order valence-electron chi connectivity index (χ1n) is 8.85. The summed E-state index contributed by atoms with van der Waals surface area (Å²) >= 11 is 0. The van der Waals surface area contributed by atoms with E-state index in [9.17, 15) is 14.9 Å². The van der Waals surface area contributed by atoms with Crippen LogP contribution in [0.3, 0.4) is 0 Å². The zero-order valence-corrected chi connectivity index (χ0v) is 14.8. The molecule has 0 aliphatic carbocycles. The van der Waals surface area contributed by atoms with Crippen LogP contribution in [0.2, 0.25) is 0 Å². The highest BCUT2D eigenvalue weighted by molar-refractivity contribution is 5.75. The van der Waals surface area contributed by atoms with Crippen LogP contribution in [-0.2, 0) is 14.3 Å². The Kier molecular flexibility index (Phi) is 5.82. The van der Waals surface area contributed by atoms with Gasteiger partial charge >= 0.3 is 11.7 Å². The van der Waals surface area contributed by atoms with Crippen molar-refractivity contribution in [3.63, 3.8) is 0 Å². The van der Waals surface area contributed by atoms with Crippen molar-refractivity contribution in [2.45, 2.75) is 19.8 Å². The average Bonchev–Trinajstić information content (AvgIpc) is 2.68. The molecule has 3 rings (SSSR count). The quantitative estimate of drug-likeness (QED) is 0.428. The first-order valence-corrected chi connectivity index (χ1v) is 8.85. The number of rotatable bonds is 5. The Balaban J connectivity index is 1.89. The molecule has 0 amide bonds. The molecule has 1 aromatic heterocycles. The van der Waals surface area contributed by atoms with Crippen LogP contribution in [0.5, 0.6) is 0 Å². The van der Waals surface area contributed by atoms with Crippen molar-refractivity contribution in [1.29, 1.82) is 0 Å². The lowest BCUT2D eigenvalue weighted by molar-refractivity contribution is -0.383. The molecule has 2 aliphatic heterocycles. The Labute approximate surface area is 151 Å². The molecule has 2 fully saturated rings. The van der Waals surface area contributed by atoms with Crippen molar-refractivity contribution in [2.24, 2.45) is 5.92 Å². The van der Waals surface area contributed by atoms with Gasteiger partial charge in [-0.25, -0.2) is 9.97 Å². The number of hydrogen-bond acceptors (Lipinski definition) is 9. The molecular formula is C16H23N5O5. The van der Waals surface area contributed by atoms with E-state index in [0.717, 1.165) is 6.42 Å². The number of carbonyl (C=O) groups excluding carboxylic acids is 1. The minimum Gasteiger partial charge on any atom is -0.466 e. The number of morpholine rings is 1. The van der Waals surface area contributed by atoms with Gasteiger partial charge in [-0.05, 0) is 19.8 Å². The van der Waals surface area contributed by atoms with Gasteiger partial charge < -0.3 is 19.3 Å². The molecule has 2 aliphatic rings. The predicted molar refractivity (Wildman–Crippen MR) is 93.3 cm³/mol. The molecule has 0 N–H and O–H groups in total. The second-order valence-electron chi connectivity index (χ2n) is 6.26. The zero-order chi connectivity index (χ0) is 18.5. The number of nitrogens with zero attached hydrogens (tertiary/aromatic N) is 5. The van der Waals surface area contributed by atoms with Crippen molar-refractivity contribution >= 4 is 23.3 Å². The van der Waals surface area contributed by atoms with Gasteiger partial charge in [0.05, 0.1) is 30.7 Å². The third kappa shape index (κ3) is 3.85. The summed E-state index contributed by atoms with van der Waals surface area (Å²) < 4.78 is 10.4. The summed E-state index contributed by atoms with van der Waals surface area (Å²) in [6.45, 7) is 5.16. The highest BCUT2D eigenvalue weighted by Gasteiger charge is 2.34. The molecule has 26 heavy (non-hydrogen) atoms. The van der Waals surface area contributed by atoms with E-state index in [0.29, 0.717) is 58.2 Å². The lowest BCUT2D eigenvalue weighted by Gasteiger charge is -2.33. The monoisotopic (exact) mass is 365 g/mol. The molecule has 0 aromatic carbocycles. The number of esters is 1. The van der Waals surface area contributed by atoms with E-state index in [2.05, 4.69) is 9.97 Å². The molecule has 0 saturated carbocycles. The van der Waals surface area contributed by atoms with E-state index in [1.54, 1.807) is 11.8 Å². The summed E-state index contributed by atoms with van der Waals surface area (Å²) in [5.41, 5.74) is -0.112. The molecule has 0 bridgehead atoms. The molecule has 10 heteroatoms. The van der Waals surface area contributed by atoms with Gasteiger partial charge in [-0.15, -0.1) is 0 Å². The molecular weight excluding hydrogens is 342 g/mol. The van der Waals surface area contributed by atoms with Crippen molar-refractivity contribution in [3.8, 4) is 0 Å². The first kappa shape index (κ1) is 18.3. The maximum Gasteiger partial charge on any atom is 0.353 e.